The Morgan fingerprint density at radius 1 is 1.05 bits per heavy atom. The van der Waals surface area contributed by atoms with E-state index in [-0.39, 0.29) is 17.2 Å². The van der Waals surface area contributed by atoms with Crippen LogP contribution in [0.2, 0.25) is 0 Å². The molecule has 1 heterocycles. The number of aromatic hydroxyl groups is 1. The minimum Gasteiger partial charge on any atom is -0.507 e. The van der Waals surface area contributed by atoms with Gasteiger partial charge in [-0.1, -0.05) is 18.2 Å². The summed E-state index contributed by atoms with van der Waals surface area (Å²) in [6.07, 6.45) is 2.75. The highest BCUT2D eigenvalue weighted by Gasteiger charge is 2.19. The highest BCUT2D eigenvalue weighted by Crippen LogP contribution is 2.26. The van der Waals surface area contributed by atoms with Gasteiger partial charge in [0.15, 0.2) is 6.29 Å². The average Bonchev–Trinajstić information content (AvgIpc) is 3.09. The van der Waals surface area contributed by atoms with Crippen molar-refractivity contribution in [3.05, 3.63) is 53.6 Å². The van der Waals surface area contributed by atoms with Gasteiger partial charge in [-0.3, -0.25) is 9.59 Å². The normalized spacial score (nSPS) is 14.1. The Bertz CT molecular complexity index is 718. The fourth-order valence-corrected chi connectivity index (χ4v) is 2.76. The number of benzene rings is 2. The van der Waals surface area contributed by atoms with Crippen LogP contribution in [0, 0.1) is 0 Å². The minimum absolute atomic E-state index is 0.0388. The number of rotatable bonds is 3. The maximum Gasteiger partial charge on any atom is 0.253 e. The number of hydrogen-bond donors (Lipinski definition) is 1. The first-order chi connectivity index (χ1) is 10.7. The van der Waals surface area contributed by atoms with E-state index in [9.17, 15) is 14.7 Å². The van der Waals surface area contributed by atoms with Crippen LogP contribution in [0.25, 0.3) is 11.1 Å². The summed E-state index contributed by atoms with van der Waals surface area (Å²) < 4.78 is 0. The summed E-state index contributed by atoms with van der Waals surface area (Å²) in [5, 5.41) is 9.58. The number of hydrogen-bond acceptors (Lipinski definition) is 3. The molecule has 4 heteroatoms. The molecular weight excluding hydrogens is 278 g/mol. The van der Waals surface area contributed by atoms with E-state index in [1.54, 1.807) is 12.1 Å². The van der Waals surface area contributed by atoms with Crippen LogP contribution in [0.4, 0.5) is 0 Å². The van der Waals surface area contributed by atoms with Gasteiger partial charge in [0.25, 0.3) is 5.91 Å². The van der Waals surface area contributed by atoms with E-state index in [1.165, 1.54) is 6.07 Å². The molecule has 0 radical (unpaired) electrons. The molecule has 1 aliphatic rings. The number of likely N-dealkylation sites (tertiary alicyclic amines) is 1. The zero-order valence-corrected chi connectivity index (χ0v) is 12.2. The predicted octanol–water partition coefficient (Wildman–Crippen LogP) is 3.11. The van der Waals surface area contributed by atoms with Gasteiger partial charge in [0.1, 0.15) is 5.75 Å². The smallest absolute Gasteiger partial charge is 0.253 e. The van der Waals surface area contributed by atoms with Crippen molar-refractivity contribution in [3.63, 3.8) is 0 Å². The second-order valence-electron chi connectivity index (χ2n) is 5.47. The summed E-state index contributed by atoms with van der Waals surface area (Å²) in [7, 11) is 0. The number of phenols is 1. The minimum atomic E-state index is -0.0388. The molecule has 22 heavy (non-hydrogen) atoms. The molecule has 1 aliphatic heterocycles. The van der Waals surface area contributed by atoms with Crippen LogP contribution in [0.3, 0.4) is 0 Å². The van der Waals surface area contributed by atoms with Gasteiger partial charge in [-0.15, -0.1) is 0 Å². The third-order valence-corrected chi connectivity index (χ3v) is 3.99. The lowest BCUT2D eigenvalue weighted by Crippen LogP contribution is -2.27. The van der Waals surface area contributed by atoms with E-state index in [4.69, 9.17) is 0 Å². The van der Waals surface area contributed by atoms with Crippen LogP contribution in [0.1, 0.15) is 33.6 Å². The monoisotopic (exact) mass is 295 g/mol. The summed E-state index contributed by atoms with van der Waals surface area (Å²) in [6, 6.07) is 12.2. The number of carbonyl (C=O) groups excluding carboxylic acids is 2. The predicted molar refractivity (Wildman–Crippen MR) is 84.1 cm³/mol. The van der Waals surface area contributed by atoms with Crippen molar-refractivity contribution in [1.29, 1.82) is 0 Å². The van der Waals surface area contributed by atoms with Crippen molar-refractivity contribution in [2.24, 2.45) is 0 Å². The van der Waals surface area contributed by atoms with Crippen LogP contribution < -0.4 is 0 Å². The third kappa shape index (κ3) is 2.72. The molecule has 0 aromatic heterocycles. The van der Waals surface area contributed by atoms with Crippen LogP contribution in [0.15, 0.2) is 42.5 Å². The molecule has 1 fully saturated rings. The lowest BCUT2D eigenvalue weighted by molar-refractivity contribution is 0.0792. The van der Waals surface area contributed by atoms with E-state index in [2.05, 4.69) is 0 Å². The lowest BCUT2D eigenvalue weighted by Gasteiger charge is -2.15. The fourth-order valence-electron chi connectivity index (χ4n) is 2.76. The Hall–Kier alpha value is -2.62. The molecule has 0 spiro atoms. The van der Waals surface area contributed by atoms with Crippen LogP contribution in [-0.2, 0) is 0 Å². The standard InChI is InChI=1S/C18H17NO3/c20-12-16-11-14(6-7-17(16)21)13-4-3-5-15(10-13)18(22)19-8-1-2-9-19/h3-7,10-12,21H,1-2,8-9H2. The molecule has 3 rings (SSSR count). The fraction of sp³-hybridized carbons (Fsp3) is 0.222. The van der Waals surface area contributed by atoms with E-state index in [1.807, 2.05) is 29.2 Å². The molecule has 1 amide bonds. The second-order valence-corrected chi connectivity index (χ2v) is 5.47. The van der Waals surface area contributed by atoms with Gasteiger partial charge in [0.05, 0.1) is 5.56 Å². The molecule has 0 unspecified atom stereocenters. The summed E-state index contributed by atoms with van der Waals surface area (Å²) >= 11 is 0. The Labute approximate surface area is 129 Å². The van der Waals surface area contributed by atoms with Crippen LogP contribution in [0.5, 0.6) is 5.75 Å². The summed E-state index contributed by atoms with van der Waals surface area (Å²) in [4.78, 5) is 25.2. The third-order valence-electron chi connectivity index (χ3n) is 3.99. The lowest BCUT2D eigenvalue weighted by atomic mass is 10.0. The molecule has 1 saturated heterocycles. The number of phenolic OH excluding ortho intramolecular Hbond substituents is 1. The molecule has 0 saturated carbocycles. The largest absolute Gasteiger partial charge is 0.507 e. The number of carbonyl (C=O) groups is 2. The Morgan fingerprint density at radius 2 is 1.77 bits per heavy atom. The number of amides is 1. The Kier molecular flexibility index (Phi) is 3.92. The quantitative estimate of drug-likeness (QED) is 0.885. The molecule has 4 nitrogen and oxygen atoms in total. The molecule has 2 aromatic rings. The van der Waals surface area contributed by atoms with Gasteiger partial charge in [0, 0.05) is 18.7 Å². The van der Waals surface area contributed by atoms with Gasteiger partial charge in [-0.05, 0) is 48.2 Å². The van der Waals surface area contributed by atoms with Crippen molar-refractivity contribution in [2.75, 3.05) is 13.1 Å². The topological polar surface area (TPSA) is 57.6 Å². The molecular formula is C18H17NO3. The van der Waals surface area contributed by atoms with E-state index < -0.39 is 0 Å². The van der Waals surface area contributed by atoms with Crippen molar-refractivity contribution >= 4 is 12.2 Å². The van der Waals surface area contributed by atoms with E-state index in [0.29, 0.717) is 11.8 Å². The summed E-state index contributed by atoms with van der Waals surface area (Å²) in [5.41, 5.74) is 2.55. The van der Waals surface area contributed by atoms with Gasteiger partial charge in [0.2, 0.25) is 0 Å². The second kappa shape index (κ2) is 6.02. The number of aldehydes is 1. The highest BCUT2D eigenvalue weighted by atomic mass is 16.3. The van der Waals surface area contributed by atoms with E-state index >= 15 is 0 Å². The van der Waals surface area contributed by atoms with Gasteiger partial charge >= 0.3 is 0 Å². The molecule has 112 valence electrons. The average molecular weight is 295 g/mol. The highest BCUT2D eigenvalue weighted by molar-refractivity contribution is 5.95. The zero-order chi connectivity index (χ0) is 15.5. The molecule has 2 aromatic carbocycles. The SMILES string of the molecule is O=Cc1cc(-c2cccc(C(=O)N3CCCC3)c2)ccc1O. The molecule has 0 atom stereocenters. The summed E-state index contributed by atoms with van der Waals surface area (Å²) in [6.45, 7) is 1.63. The van der Waals surface area contributed by atoms with E-state index in [0.717, 1.165) is 37.1 Å². The molecule has 1 N–H and O–H groups in total. The summed E-state index contributed by atoms with van der Waals surface area (Å²) in [5.74, 6) is 0.0109. The van der Waals surface area contributed by atoms with Gasteiger partial charge in [-0.25, -0.2) is 0 Å². The maximum atomic E-state index is 12.4. The van der Waals surface area contributed by atoms with Crippen molar-refractivity contribution in [3.8, 4) is 16.9 Å². The van der Waals surface area contributed by atoms with Crippen molar-refractivity contribution in [1.82, 2.24) is 4.90 Å². The molecule has 0 bridgehead atoms. The first-order valence-electron chi connectivity index (χ1n) is 7.37. The van der Waals surface area contributed by atoms with Crippen molar-refractivity contribution in [2.45, 2.75) is 12.8 Å². The first-order valence-corrected chi connectivity index (χ1v) is 7.37. The van der Waals surface area contributed by atoms with Crippen molar-refractivity contribution < 1.29 is 14.7 Å². The number of nitrogens with zero attached hydrogens (tertiary/aromatic N) is 1. The Morgan fingerprint density at radius 3 is 2.50 bits per heavy atom. The van der Waals surface area contributed by atoms with Crippen LogP contribution >= 0.6 is 0 Å². The Balaban J connectivity index is 1.93. The van der Waals surface area contributed by atoms with Gasteiger partial charge in [-0.2, -0.15) is 0 Å². The first kappa shape index (κ1) is 14.3. The molecule has 0 aliphatic carbocycles. The van der Waals surface area contributed by atoms with Gasteiger partial charge < -0.3 is 10.0 Å². The van der Waals surface area contributed by atoms with Crippen LogP contribution in [-0.4, -0.2) is 35.3 Å². The zero-order valence-electron chi connectivity index (χ0n) is 12.2. The maximum absolute atomic E-state index is 12.4.